The molecule has 1 atom stereocenters. The normalized spacial score (nSPS) is 26.9. The van der Waals surface area contributed by atoms with E-state index in [4.69, 9.17) is 4.99 Å². The summed E-state index contributed by atoms with van der Waals surface area (Å²) in [5, 5.41) is 0. The number of fused-ring (bicyclic) bond motifs is 3. The Bertz CT molecular complexity index is 458. The first kappa shape index (κ1) is 9.83. The van der Waals surface area contributed by atoms with E-state index in [1.54, 1.807) is 0 Å². The number of aliphatic imine (C=N–C) groups is 1. The Labute approximate surface area is 96.9 Å². The summed E-state index contributed by atoms with van der Waals surface area (Å²) in [7, 11) is 0. The molecule has 16 heavy (non-hydrogen) atoms. The summed E-state index contributed by atoms with van der Waals surface area (Å²) in [5.41, 5.74) is 4.24. The van der Waals surface area contributed by atoms with Gasteiger partial charge in [0.05, 0.1) is 5.69 Å². The van der Waals surface area contributed by atoms with Gasteiger partial charge in [-0.25, -0.2) is 0 Å². The third-order valence-corrected chi connectivity index (χ3v) is 3.99. The van der Waals surface area contributed by atoms with E-state index in [-0.39, 0.29) is 5.41 Å². The Kier molecular flexibility index (Phi) is 2.20. The van der Waals surface area contributed by atoms with Crippen LogP contribution in [0.5, 0.6) is 0 Å². The Morgan fingerprint density at radius 2 is 2.19 bits per heavy atom. The molecule has 0 aromatic heterocycles. The van der Waals surface area contributed by atoms with E-state index in [2.05, 4.69) is 36.9 Å². The standard InChI is InChI=1S/C15H17N/c1-2-10-15-11-6-5-9-14(15)16-13-8-4-3-7-12(13)15/h2-4,7-8H,1,5-6,9-11H2/t15-/m1/s1. The molecule has 1 fully saturated rings. The van der Waals surface area contributed by atoms with Gasteiger partial charge < -0.3 is 0 Å². The van der Waals surface area contributed by atoms with Crippen LogP contribution in [-0.4, -0.2) is 5.71 Å². The molecule has 1 aromatic carbocycles. The van der Waals surface area contributed by atoms with E-state index in [1.807, 2.05) is 0 Å². The molecule has 1 aliphatic heterocycles. The molecule has 0 N–H and O–H groups in total. The molecule has 0 radical (unpaired) electrons. The maximum Gasteiger partial charge on any atom is 0.0671 e. The first-order valence-corrected chi connectivity index (χ1v) is 6.15. The maximum atomic E-state index is 4.83. The van der Waals surface area contributed by atoms with Crippen LogP contribution in [0, 0.1) is 0 Å². The molecule has 0 bridgehead atoms. The van der Waals surface area contributed by atoms with Gasteiger partial charge in [0.25, 0.3) is 0 Å². The fraction of sp³-hybridized carbons (Fsp3) is 0.400. The van der Waals surface area contributed by atoms with Gasteiger partial charge in [0.1, 0.15) is 0 Å². The number of allylic oxidation sites excluding steroid dienone is 1. The molecule has 1 nitrogen and oxygen atoms in total. The van der Waals surface area contributed by atoms with Crippen LogP contribution in [0.25, 0.3) is 0 Å². The molecule has 1 heterocycles. The second-order valence-corrected chi connectivity index (χ2v) is 4.86. The van der Waals surface area contributed by atoms with Gasteiger partial charge in [-0.1, -0.05) is 30.7 Å². The van der Waals surface area contributed by atoms with Crippen molar-refractivity contribution in [2.45, 2.75) is 37.5 Å². The average molecular weight is 211 g/mol. The minimum atomic E-state index is 0.205. The van der Waals surface area contributed by atoms with Gasteiger partial charge >= 0.3 is 0 Å². The van der Waals surface area contributed by atoms with Crippen LogP contribution in [0.4, 0.5) is 5.69 Å². The Balaban J connectivity index is 2.16. The second kappa shape index (κ2) is 3.58. The van der Waals surface area contributed by atoms with E-state index in [0.717, 1.165) is 6.42 Å². The monoisotopic (exact) mass is 211 g/mol. The van der Waals surface area contributed by atoms with Crippen LogP contribution >= 0.6 is 0 Å². The number of rotatable bonds is 2. The molecule has 1 heteroatoms. The maximum absolute atomic E-state index is 4.83. The lowest BCUT2D eigenvalue weighted by Gasteiger charge is -2.35. The topological polar surface area (TPSA) is 12.4 Å². The van der Waals surface area contributed by atoms with Gasteiger partial charge in [-0.15, -0.1) is 6.58 Å². The van der Waals surface area contributed by atoms with Crippen molar-refractivity contribution < 1.29 is 0 Å². The number of para-hydroxylation sites is 1. The lowest BCUT2D eigenvalue weighted by atomic mass is 9.67. The molecule has 0 unspecified atom stereocenters. The van der Waals surface area contributed by atoms with Crippen molar-refractivity contribution in [3.05, 3.63) is 42.5 Å². The largest absolute Gasteiger partial charge is 0.257 e. The highest BCUT2D eigenvalue weighted by molar-refractivity contribution is 6.02. The van der Waals surface area contributed by atoms with Crippen LogP contribution in [-0.2, 0) is 5.41 Å². The van der Waals surface area contributed by atoms with Crippen LogP contribution in [0.15, 0.2) is 41.9 Å². The first-order chi connectivity index (χ1) is 7.87. The molecule has 2 aliphatic rings. The van der Waals surface area contributed by atoms with Gasteiger partial charge in [-0.2, -0.15) is 0 Å². The van der Waals surface area contributed by atoms with Gasteiger partial charge in [0, 0.05) is 11.1 Å². The van der Waals surface area contributed by atoms with Crippen molar-refractivity contribution in [2.24, 2.45) is 4.99 Å². The molecular weight excluding hydrogens is 194 g/mol. The van der Waals surface area contributed by atoms with Crippen molar-refractivity contribution in [1.29, 1.82) is 0 Å². The number of hydrogen-bond acceptors (Lipinski definition) is 1. The third-order valence-electron chi connectivity index (χ3n) is 3.99. The molecule has 0 saturated heterocycles. The van der Waals surface area contributed by atoms with E-state index in [0.29, 0.717) is 0 Å². The number of hydrogen-bond donors (Lipinski definition) is 0. The fourth-order valence-corrected chi connectivity index (χ4v) is 3.25. The summed E-state index contributed by atoms with van der Waals surface area (Å²) < 4.78 is 0. The summed E-state index contributed by atoms with van der Waals surface area (Å²) in [6.45, 7) is 3.93. The Hall–Kier alpha value is -1.37. The Morgan fingerprint density at radius 3 is 3.06 bits per heavy atom. The van der Waals surface area contributed by atoms with Crippen LogP contribution < -0.4 is 0 Å². The van der Waals surface area contributed by atoms with Crippen molar-refractivity contribution in [3.8, 4) is 0 Å². The summed E-state index contributed by atoms with van der Waals surface area (Å²) in [5.74, 6) is 0. The average Bonchev–Trinajstić information content (AvgIpc) is 2.64. The zero-order valence-corrected chi connectivity index (χ0v) is 9.58. The third kappa shape index (κ3) is 1.21. The smallest absolute Gasteiger partial charge is 0.0671 e. The summed E-state index contributed by atoms with van der Waals surface area (Å²) >= 11 is 0. The van der Waals surface area contributed by atoms with Gasteiger partial charge in [0.2, 0.25) is 0 Å². The van der Waals surface area contributed by atoms with E-state index < -0.39 is 0 Å². The van der Waals surface area contributed by atoms with E-state index in [9.17, 15) is 0 Å². The van der Waals surface area contributed by atoms with Crippen molar-refractivity contribution in [3.63, 3.8) is 0 Å². The fourth-order valence-electron chi connectivity index (χ4n) is 3.25. The lowest BCUT2D eigenvalue weighted by Crippen LogP contribution is -2.35. The minimum Gasteiger partial charge on any atom is -0.257 e. The second-order valence-electron chi connectivity index (χ2n) is 4.86. The number of nitrogens with zero attached hydrogens (tertiary/aromatic N) is 1. The van der Waals surface area contributed by atoms with Crippen LogP contribution in [0.3, 0.4) is 0 Å². The zero-order valence-electron chi connectivity index (χ0n) is 9.58. The molecule has 1 aliphatic carbocycles. The molecule has 1 aromatic rings. The van der Waals surface area contributed by atoms with Crippen LogP contribution in [0.1, 0.15) is 37.7 Å². The molecular formula is C15H17N. The highest BCUT2D eigenvalue weighted by atomic mass is 14.8. The minimum absolute atomic E-state index is 0.205. The molecule has 3 rings (SSSR count). The van der Waals surface area contributed by atoms with Crippen molar-refractivity contribution in [1.82, 2.24) is 0 Å². The van der Waals surface area contributed by atoms with E-state index >= 15 is 0 Å². The van der Waals surface area contributed by atoms with Gasteiger partial charge in [-0.05, 0) is 37.3 Å². The zero-order chi connectivity index (χ0) is 11.0. The number of benzene rings is 1. The van der Waals surface area contributed by atoms with Gasteiger partial charge in [-0.3, -0.25) is 4.99 Å². The van der Waals surface area contributed by atoms with Crippen molar-refractivity contribution in [2.75, 3.05) is 0 Å². The predicted molar refractivity (Wildman–Crippen MR) is 68.5 cm³/mol. The Morgan fingerprint density at radius 1 is 1.31 bits per heavy atom. The summed E-state index contributed by atoms with van der Waals surface area (Å²) in [6, 6.07) is 8.62. The SMILES string of the molecule is C=CC[C@]12CCCCC1=Nc1ccccc12. The van der Waals surface area contributed by atoms with Gasteiger partial charge in [0.15, 0.2) is 0 Å². The quantitative estimate of drug-likeness (QED) is 0.651. The predicted octanol–water partition coefficient (Wildman–Crippen LogP) is 4.16. The highest BCUT2D eigenvalue weighted by Gasteiger charge is 2.43. The summed E-state index contributed by atoms with van der Waals surface area (Å²) in [4.78, 5) is 4.83. The first-order valence-electron chi connectivity index (χ1n) is 6.15. The molecule has 82 valence electrons. The highest BCUT2D eigenvalue weighted by Crippen LogP contribution is 2.49. The van der Waals surface area contributed by atoms with Crippen LogP contribution in [0.2, 0.25) is 0 Å². The van der Waals surface area contributed by atoms with E-state index in [1.165, 1.54) is 42.6 Å². The van der Waals surface area contributed by atoms with Crippen molar-refractivity contribution >= 4 is 11.4 Å². The molecule has 0 spiro atoms. The summed E-state index contributed by atoms with van der Waals surface area (Å²) in [6.07, 6.45) is 8.14. The lowest BCUT2D eigenvalue weighted by molar-refractivity contribution is 0.467. The molecule has 1 saturated carbocycles. The molecule has 0 amide bonds.